The van der Waals surface area contributed by atoms with Crippen molar-refractivity contribution in [3.8, 4) is 6.07 Å². The third-order valence-electron chi connectivity index (χ3n) is 3.38. The van der Waals surface area contributed by atoms with Gasteiger partial charge in [-0.1, -0.05) is 0 Å². The second-order valence-corrected chi connectivity index (χ2v) is 4.55. The number of nitrogens with one attached hydrogen (secondary N) is 1. The molecule has 15 heavy (non-hydrogen) atoms. The number of hydrogen-bond acceptors (Lipinski definition) is 4. The summed E-state index contributed by atoms with van der Waals surface area (Å²) in [6.45, 7) is 7.42. The zero-order valence-corrected chi connectivity index (χ0v) is 10.2. The van der Waals surface area contributed by atoms with Gasteiger partial charge in [0.25, 0.3) is 0 Å². The molecule has 1 rings (SSSR count). The molecule has 86 valence electrons. The van der Waals surface area contributed by atoms with Crippen LogP contribution in [0.3, 0.4) is 0 Å². The molecule has 1 N–H and O–H groups in total. The lowest BCUT2D eigenvalue weighted by Crippen LogP contribution is -2.56. The van der Waals surface area contributed by atoms with Gasteiger partial charge in [0.15, 0.2) is 0 Å². The van der Waals surface area contributed by atoms with Crippen molar-refractivity contribution >= 4 is 0 Å². The topological polar surface area (TPSA) is 42.3 Å². The van der Waals surface area contributed by atoms with Crippen LogP contribution in [0.4, 0.5) is 0 Å². The van der Waals surface area contributed by atoms with E-state index in [4.69, 9.17) is 5.26 Å². The van der Waals surface area contributed by atoms with Crippen LogP contribution >= 0.6 is 0 Å². The van der Waals surface area contributed by atoms with Crippen molar-refractivity contribution in [2.45, 2.75) is 32.0 Å². The monoisotopic (exact) mass is 210 g/mol. The molecule has 0 spiro atoms. The molecule has 0 aromatic heterocycles. The molecule has 1 fully saturated rings. The van der Waals surface area contributed by atoms with Crippen LogP contribution in [-0.2, 0) is 0 Å². The first-order chi connectivity index (χ1) is 7.08. The number of piperazine rings is 1. The Bertz CT molecular complexity index is 223. The van der Waals surface area contributed by atoms with Crippen LogP contribution in [-0.4, -0.2) is 61.7 Å². The highest BCUT2D eigenvalue weighted by Gasteiger charge is 2.27. The highest BCUT2D eigenvalue weighted by molar-refractivity contribution is 4.93. The Kier molecular flexibility index (Phi) is 4.52. The maximum atomic E-state index is 8.89. The Balaban J connectivity index is 2.48. The molecule has 0 saturated carbocycles. The van der Waals surface area contributed by atoms with Gasteiger partial charge in [-0.25, -0.2) is 0 Å². The van der Waals surface area contributed by atoms with Gasteiger partial charge in [0.1, 0.15) is 6.04 Å². The van der Waals surface area contributed by atoms with Crippen molar-refractivity contribution in [1.82, 2.24) is 15.1 Å². The summed E-state index contributed by atoms with van der Waals surface area (Å²) in [6, 6.07) is 3.37. The predicted octanol–water partition coefficient (Wildman–Crippen LogP) is 0.122. The quantitative estimate of drug-likeness (QED) is 0.718. The van der Waals surface area contributed by atoms with Crippen LogP contribution < -0.4 is 5.32 Å². The highest BCUT2D eigenvalue weighted by atomic mass is 15.3. The predicted molar refractivity (Wildman–Crippen MR) is 61.6 cm³/mol. The normalized spacial score (nSPS) is 31.1. The number of likely N-dealkylation sites (N-methyl/N-ethyl adjacent to an activating group) is 2. The van der Waals surface area contributed by atoms with Gasteiger partial charge in [0, 0.05) is 31.7 Å². The standard InChI is InChI=1S/C11H22N4/c1-9-6-15(7-10(2)14(9)4)8-11(5-12)13-3/h9-11,13H,6-8H2,1-4H3. The molecule has 4 nitrogen and oxygen atoms in total. The van der Waals surface area contributed by atoms with E-state index in [2.05, 4.69) is 42.1 Å². The molecule has 3 unspecified atom stereocenters. The van der Waals surface area contributed by atoms with E-state index in [9.17, 15) is 0 Å². The Morgan fingerprint density at radius 2 is 1.93 bits per heavy atom. The van der Waals surface area contributed by atoms with Gasteiger partial charge in [0.2, 0.25) is 0 Å². The van der Waals surface area contributed by atoms with Crippen LogP contribution in [0.25, 0.3) is 0 Å². The summed E-state index contributed by atoms with van der Waals surface area (Å²) >= 11 is 0. The summed E-state index contributed by atoms with van der Waals surface area (Å²) in [4.78, 5) is 4.77. The number of hydrogen-bond donors (Lipinski definition) is 1. The van der Waals surface area contributed by atoms with Crippen molar-refractivity contribution in [3.63, 3.8) is 0 Å². The fourth-order valence-electron chi connectivity index (χ4n) is 2.12. The van der Waals surface area contributed by atoms with E-state index in [1.807, 2.05) is 7.05 Å². The Hall–Kier alpha value is -0.630. The first-order valence-corrected chi connectivity index (χ1v) is 5.59. The second-order valence-electron chi connectivity index (χ2n) is 4.55. The maximum Gasteiger partial charge on any atom is 0.108 e. The van der Waals surface area contributed by atoms with Crippen LogP contribution in [0.5, 0.6) is 0 Å². The van der Waals surface area contributed by atoms with Crippen molar-refractivity contribution in [1.29, 1.82) is 5.26 Å². The summed E-state index contributed by atoms with van der Waals surface area (Å²) in [6.07, 6.45) is 0. The Morgan fingerprint density at radius 1 is 1.40 bits per heavy atom. The van der Waals surface area contributed by atoms with E-state index >= 15 is 0 Å². The summed E-state index contributed by atoms with van der Waals surface area (Å²) in [7, 11) is 4.02. The van der Waals surface area contributed by atoms with Gasteiger partial charge in [-0.15, -0.1) is 0 Å². The van der Waals surface area contributed by atoms with Gasteiger partial charge in [-0.3, -0.25) is 9.80 Å². The molecule has 0 aromatic carbocycles. The number of nitriles is 1. The van der Waals surface area contributed by atoms with Gasteiger partial charge in [-0.2, -0.15) is 5.26 Å². The molecule has 1 saturated heterocycles. The summed E-state index contributed by atoms with van der Waals surface area (Å²) in [5.41, 5.74) is 0. The minimum Gasteiger partial charge on any atom is -0.304 e. The summed E-state index contributed by atoms with van der Waals surface area (Å²) in [5, 5.41) is 11.9. The minimum absolute atomic E-state index is 0.0483. The molecule has 1 aliphatic rings. The van der Waals surface area contributed by atoms with E-state index in [0.29, 0.717) is 12.1 Å². The lowest BCUT2D eigenvalue weighted by Gasteiger charge is -2.42. The summed E-state index contributed by atoms with van der Waals surface area (Å²) in [5.74, 6) is 0. The average Bonchev–Trinajstić information content (AvgIpc) is 2.22. The zero-order valence-electron chi connectivity index (χ0n) is 10.2. The smallest absolute Gasteiger partial charge is 0.108 e. The molecule has 0 aliphatic carbocycles. The molecule has 0 amide bonds. The maximum absolute atomic E-state index is 8.89. The van der Waals surface area contributed by atoms with E-state index < -0.39 is 0 Å². The van der Waals surface area contributed by atoms with E-state index in [-0.39, 0.29) is 6.04 Å². The molecule has 1 aliphatic heterocycles. The molecule has 0 aromatic rings. The van der Waals surface area contributed by atoms with Crippen LogP contribution in [0.1, 0.15) is 13.8 Å². The number of rotatable bonds is 3. The average molecular weight is 210 g/mol. The lowest BCUT2D eigenvalue weighted by molar-refractivity contribution is 0.0578. The first-order valence-electron chi connectivity index (χ1n) is 5.59. The third kappa shape index (κ3) is 3.16. The van der Waals surface area contributed by atoms with E-state index in [0.717, 1.165) is 19.6 Å². The third-order valence-corrected chi connectivity index (χ3v) is 3.38. The van der Waals surface area contributed by atoms with Crippen molar-refractivity contribution in [3.05, 3.63) is 0 Å². The zero-order chi connectivity index (χ0) is 11.4. The molecule has 0 bridgehead atoms. The molecule has 0 radical (unpaired) electrons. The fraction of sp³-hybridized carbons (Fsp3) is 0.909. The van der Waals surface area contributed by atoms with Crippen molar-refractivity contribution in [2.24, 2.45) is 0 Å². The van der Waals surface area contributed by atoms with Crippen molar-refractivity contribution in [2.75, 3.05) is 33.7 Å². The lowest BCUT2D eigenvalue weighted by atomic mass is 10.1. The molecule has 4 heteroatoms. The molecule has 1 heterocycles. The van der Waals surface area contributed by atoms with E-state index in [1.54, 1.807) is 0 Å². The first kappa shape index (κ1) is 12.4. The van der Waals surface area contributed by atoms with Gasteiger partial charge >= 0.3 is 0 Å². The van der Waals surface area contributed by atoms with E-state index in [1.165, 1.54) is 0 Å². The van der Waals surface area contributed by atoms with Gasteiger partial charge < -0.3 is 5.32 Å². The molecule has 3 atom stereocenters. The van der Waals surface area contributed by atoms with Crippen LogP contribution in [0, 0.1) is 11.3 Å². The molecular weight excluding hydrogens is 188 g/mol. The Morgan fingerprint density at radius 3 is 2.33 bits per heavy atom. The van der Waals surface area contributed by atoms with Gasteiger partial charge in [-0.05, 0) is 27.9 Å². The largest absolute Gasteiger partial charge is 0.304 e. The number of nitrogens with zero attached hydrogens (tertiary/aromatic N) is 3. The summed E-state index contributed by atoms with van der Waals surface area (Å²) < 4.78 is 0. The fourth-order valence-corrected chi connectivity index (χ4v) is 2.12. The minimum atomic E-state index is -0.0483. The van der Waals surface area contributed by atoms with Gasteiger partial charge in [0.05, 0.1) is 6.07 Å². The Labute approximate surface area is 92.8 Å². The van der Waals surface area contributed by atoms with Crippen LogP contribution in [0.15, 0.2) is 0 Å². The SMILES string of the molecule is CNC(C#N)CN1CC(C)N(C)C(C)C1. The highest BCUT2D eigenvalue weighted by Crippen LogP contribution is 2.13. The molecular formula is C11H22N4. The van der Waals surface area contributed by atoms with Crippen molar-refractivity contribution < 1.29 is 0 Å². The second kappa shape index (κ2) is 5.45. The van der Waals surface area contributed by atoms with Crippen LogP contribution in [0.2, 0.25) is 0 Å².